The highest BCUT2D eigenvalue weighted by atomic mass is 32.1. The van der Waals surface area contributed by atoms with E-state index in [0.717, 1.165) is 17.7 Å². The van der Waals surface area contributed by atoms with Gasteiger partial charge < -0.3 is 15.5 Å². The van der Waals surface area contributed by atoms with Crippen molar-refractivity contribution in [3.8, 4) is 0 Å². The van der Waals surface area contributed by atoms with Crippen molar-refractivity contribution in [1.82, 2.24) is 10.2 Å². The number of benzene rings is 1. The van der Waals surface area contributed by atoms with Gasteiger partial charge >= 0.3 is 6.03 Å². The molecule has 3 aliphatic rings. The fourth-order valence-electron chi connectivity index (χ4n) is 4.96. The number of para-hydroxylation sites is 2. The summed E-state index contributed by atoms with van der Waals surface area (Å²) in [6, 6.07) is 8.62. The van der Waals surface area contributed by atoms with E-state index in [2.05, 4.69) is 22.6 Å². The molecule has 2 unspecified atom stereocenters. The SMILES string of the molecule is Cc1scc2c1C(=O)Nc1ccccc1N2C(=O)NC1CC2CCC(C1)N2C. The van der Waals surface area contributed by atoms with Crippen LogP contribution in [0.2, 0.25) is 0 Å². The second kappa shape index (κ2) is 6.60. The number of nitrogens with one attached hydrogen (secondary N) is 2. The van der Waals surface area contributed by atoms with Crippen LogP contribution in [0.5, 0.6) is 0 Å². The van der Waals surface area contributed by atoms with Crippen LogP contribution < -0.4 is 15.5 Å². The number of hydrogen-bond acceptors (Lipinski definition) is 4. The van der Waals surface area contributed by atoms with Crippen LogP contribution in [0.15, 0.2) is 29.6 Å². The number of amides is 3. The molecule has 2 aromatic rings. The van der Waals surface area contributed by atoms with Crippen molar-refractivity contribution in [2.24, 2.45) is 0 Å². The summed E-state index contributed by atoms with van der Waals surface area (Å²) in [6.45, 7) is 1.92. The fourth-order valence-corrected chi connectivity index (χ4v) is 5.79. The van der Waals surface area contributed by atoms with Crippen LogP contribution in [-0.4, -0.2) is 42.0 Å². The summed E-state index contributed by atoms with van der Waals surface area (Å²) in [6.07, 6.45) is 4.40. The molecule has 4 heterocycles. The average molecular weight is 397 g/mol. The Hall–Kier alpha value is -2.38. The van der Waals surface area contributed by atoms with E-state index in [9.17, 15) is 9.59 Å². The highest BCUT2D eigenvalue weighted by Gasteiger charge is 2.40. The predicted molar refractivity (Wildman–Crippen MR) is 112 cm³/mol. The van der Waals surface area contributed by atoms with Gasteiger partial charge in [0.15, 0.2) is 0 Å². The summed E-state index contributed by atoms with van der Waals surface area (Å²) >= 11 is 1.50. The first kappa shape index (κ1) is 17.7. The molecular weight excluding hydrogens is 372 g/mol. The van der Waals surface area contributed by atoms with Crippen LogP contribution in [0.1, 0.15) is 40.9 Å². The van der Waals surface area contributed by atoms with Gasteiger partial charge in [-0.15, -0.1) is 11.3 Å². The standard InChI is InChI=1S/C21H24N4O2S/c1-12-19-18(11-28-12)25(17-6-4-3-5-16(17)23-20(19)26)21(27)22-13-9-14-7-8-15(10-13)24(14)2/h3-6,11,13-15H,7-10H2,1-2H3,(H,22,27)(H,23,26). The maximum Gasteiger partial charge on any atom is 0.326 e. The zero-order valence-corrected chi connectivity index (χ0v) is 16.9. The lowest BCUT2D eigenvalue weighted by molar-refractivity contribution is 0.102. The number of fused-ring (bicyclic) bond motifs is 4. The average Bonchev–Trinajstić information content (AvgIpc) is 3.07. The maximum absolute atomic E-state index is 13.4. The molecule has 2 saturated heterocycles. The van der Waals surface area contributed by atoms with E-state index in [-0.39, 0.29) is 18.0 Å². The maximum atomic E-state index is 13.4. The molecule has 0 spiro atoms. The molecule has 146 valence electrons. The smallest absolute Gasteiger partial charge is 0.326 e. The Morgan fingerprint density at radius 2 is 1.89 bits per heavy atom. The molecule has 1 aromatic heterocycles. The number of hydrogen-bond donors (Lipinski definition) is 2. The Morgan fingerprint density at radius 1 is 1.18 bits per heavy atom. The minimum atomic E-state index is -0.158. The first-order valence-corrected chi connectivity index (χ1v) is 10.7. The van der Waals surface area contributed by atoms with Gasteiger partial charge in [-0.1, -0.05) is 12.1 Å². The van der Waals surface area contributed by atoms with Gasteiger partial charge in [-0.05, 0) is 51.8 Å². The molecule has 0 radical (unpaired) electrons. The van der Waals surface area contributed by atoms with Gasteiger partial charge in [0.25, 0.3) is 5.91 Å². The summed E-state index contributed by atoms with van der Waals surface area (Å²) < 4.78 is 0. The van der Waals surface area contributed by atoms with Crippen molar-refractivity contribution in [2.45, 2.75) is 50.7 Å². The number of carbonyl (C=O) groups is 2. The van der Waals surface area contributed by atoms with Crippen LogP contribution in [0, 0.1) is 6.92 Å². The molecule has 28 heavy (non-hydrogen) atoms. The van der Waals surface area contributed by atoms with Crippen molar-refractivity contribution in [1.29, 1.82) is 0 Å². The molecule has 0 aliphatic carbocycles. The number of nitrogens with zero attached hydrogens (tertiary/aromatic N) is 2. The van der Waals surface area contributed by atoms with E-state index in [1.807, 2.05) is 36.6 Å². The van der Waals surface area contributed by atoms with Gasteiger partial charge in [-0.25, -0.2) is 4.79 Å². The summed E-state index contributed by atoms with van der Waals surface area (Å²) in [4.78, 5) is 31.3. The van der Waals surface area contributed by atoms with E-state index in [0.29, 0.717) is 34.7 Å². The zero-order chi connectivity index (χ0) is 19.4. The summed E-state index contributed by atoms with van der Waals surface area (Å²) in [7, 11) is 2.20. The third kappa shape index (κ3) is 2.72. The first-order valence-electron chi connectivity index (χ1n) is 9.84. The highest BCUT2D eigenvalue weighted by molar-refractivity contribution is 7.10. The summed E-state index contributed by atoms with van der Waals surface area (Å²) in [5.74, 6) is -0.158. The molecular formula is C21H24N4O2S. The van der Waals surface area contributed by atoms with Crippen LogP contribution in [0.3, 0.4) is 0 Å². The molecule has 3 aliphatic heterocycles. The number of aryl methyl sites for hydroxylation is 1. The number of thiophene rings is 1. The molecule has 2 atom stereocenters. The molecule has 3 amide bonds. The van der Waals surface area contributed by atoms with Crippen molar-refractivity contribution < 1.29 is 9.59 Å². The molecule has 2 fully saturated rings. The Bertz CT molecular complexity index is 942. The van der Waals surface area contributed by atoms with E-state index < -0.39 is 0 Å². The molecule has 2 N–H and O–H groups in total. The van der Waals surface area contributed by atoms with Gasteiger partial charge in [-0.2, -0.15) is 0 Å². The Balaban J connectivity index is 1.49. The monoisotopic (exact) mass is 396 g/mol. The Kier molecular flexibility index (Phi) is 4.17. The second-order valence-electron chi connectivity index (χ2n) is 8.03. The lowest BCUT2D eigenvalue weighted by Crippen LogP contribution is -2.51. The quantitative estimate of drug-likeness (QED) is 0.763. The number of urea groups is 1. The van der Waals surface area contributed by atoms with Gasteiger partial charge in [-0.3, -0.25) is 9.69 Å². The third-order valence-corrected chi connectivity index (χ3v) is 7.34. The molecule has 0 saturated carbocycles. The van der Waals surface area contributed by atoms with E-state index >= 15 is 0 Å². The normalized spacial score (nSPS) is 26.3. The topological polar surface area (TPSA) is 64.7 Å². The number of rotatable bonds is 1. The Labute approximate surface area is 168 Å². The van der Waals surface area contributed by atoms with E-state index in [4.69, 9.17) is 0 Å². The number of carbonyl (C=O) groups excluding carboxylic acids is 2. The highest BCUT2D eigenvalue weighted by Crippen LogP contribution is 2.42. The second-order valence-corrected chi connectivity index (χ2v) is 9.11. The lowest BCUT2D eigenvalue weighted by atomic mass is 9.98. The number of piperidine rings is 1. The van der Waals surface area contributed by atoms with Crippen LogP contribution in [-0.2, 0) is 0 Å². The van der Waals surface area contributed by atoms with Crippen molar-refractivity contribution in [2.75, 3.05) is 17.3 Å². The van der Waals surface area contributed by atoms with Gasteiger partial charge in [0, 0.05) is 28.4 Å². The fraction of sp³-hybridized carbons (Fsp3) is 0.429. The molecule has 2 bridgehead atoms. The zero-order valence-electron chi connectivity index (χ0n) is 16.1. The van der Waals surface area contributed by atoms with Crippen LogP contribution in [0.4, 0.5) is 21.9 Å². The first-order chi connectivity index (χ1) is 13.5. The summed E-state index contributed by atoms with van der Waals surface area (Å²) in [5.41, 5.74) is 2.62. The van der Waals surface area contributed by atoms with Gasteiger partial charge in [0.2, 0.25) is 0 Å². The van der Waals surface area contributed by atoms with E-state index in [1.54, 1.807) is 4.90 Å². The predicted octanol–water partition coefficient (Wildman–Crippen LogP) is 4.10. The summed E-state index contributed by atoms with van der Waals surface area (Å²) in [5, 5.41) is 8.14. The van der Waals surface area contributed by atoms with Gasteiger partial charge in [0.1, 0.15) is 0 Å². The van der Waals surface area contributed by atoms with Crippen molar-refractivity contribution in [3.63, 3.8) is 0 Å². The van der Waals surface area contributed by atoms with Crippen molar-refractivity contribution >= 4 is 40.3 Å². The molecule has 1 aromatic carbocycles. The van der Waals surface area contributed by atoms with E-state index in [1.165, 1.54) is 24.2 Å². The molecule has 5 rings (SSSR count). The Morgan fingerprint density at radius 3 is 2.64 bits per heavy atom. The lowest BCUT2D eigenvalue weighted by Gasteiger charge is -2.37. The van der Waals surface area contributed by atoms with Crippen LogP contribution in [0.25, 0.3) is 0 Å². The third-order valence-electron chi connectivity index (χ3n) is 6.45. The van der Waals surface area contributed by atoms with Gasteiger partial charge in [0.05, 0.1) is 22.6 Å². The molecule has 7 heteroatoms. The number of anilines is 3. The minimum absolute atomic E-state index is 0.156. The van der Waals surface area contributed by atoms with Crippen molar-refractivity contribution in [3.05, 3.63) is 40.1 Å². The molecule has 6 nitrogen and oxygen atoms in total. The van der Waals surface area contributed by atoms with Crippen LogP contribution >= 0.6 is 11.3 Å². The largest absolute Gasteiger partial charge is 0.335 e. The minimum Gasteiger partial charge on any atom is -0.335 e.